The molecule has 0 aliphatic heterocycles. The van der Waals surface area contributed by atoms with E-state index in [4.69, 9.17) is 22.1 Å². The van der Waals surface area contributed by atoms with Crippen molar-refractivity contribution in [1.82, 2.24) is 0 Å². The molecule has 2 aromatic carbocycles. The Kier molecular flexibility index (Phi) is 3.95. The van der Waals surface area contributed by atoms with Crippen LogP contribution in [0.15, 0.2) is 42.5 Å². The van der Waals surface area contributed by atoms with Crippen molar-refractivity contribution in [2.24, 2.45) is 0 Å². The zero-order chi connectivity index (χ0) is 13.0. The van der Waals surface area contributed by atoms with Crippen LogP contribution < -0.4 is 15.8 Å². The van der Waals surface area contributed by atoms with Gasteiger partial charge in [0.2, 0.25) is 0 Å². The van der Waals surface area contributed by atoms with Gasteiger partial charge < -0.3 is 15.8 Å². The van der Waals surface area contributed by atoms with Crippen LogP contribution in [-0.4, -0.2) is 6.61 Å². The number of rotatable bonds is 4. The van der Waals surface area contributed by atoms with Gasteiger partial charge in [-0.1, -0.05) is 23.7 Å². The first-order valence-corrected chi connectivity index (χ1v) is 6.12. The van der Waals surface area contributed by atoms with Gasteiger partial charge in [-0.2, -0.15) is 0 Å². The van der Waals surface area contributed by atoms with Gasteiger partial charge in [0.25, 0.3) is 0 Å². The van der Waals surface area contributed by atoms with E-state index in [0.717, 1.165) is 11.4 Å². The van der Waals surface area contributed by atoms with Gasteiger partial charge in [-0.3, -0.25) is 0 Å². The standard InChI is InChI=1S/C14H15ClN2O/c1-2-18-11-6-3-5-10(9-11)17-14-12(15)7-4-8-13(14)16/h3-9,17H,2,16H2,1H3. The van der Waals surface area contributed by atoms with Crippen LogP contribution in [0.1, 0.15) is 6.92 Å². The van der Waals surface area contributed by atoms with Gasteiger partial charge in [-0.05, 0) is 31.2 Å². The third-order valence-corrected chi connectivity index (χ3v) is 2.78. The Hall–Kier alpha value is -1.87. The van der Waals surface area contributed by atoms with E-state index in [0.29, 0.717) is 23.0 Å². The maximum Gasteiger partial charge on any atom is 0.121 e. The Balaban J connectivity index is 2.26. The molecule has 0 unspecified atom stereocenters. The average Bonchev–Trinajstić information content (AvgIpc) is 2.35. The smallest absolute Gasteiger partial charge is 0.121 e. The molecule has 2 rings (SSSR count). The second kappa shape index (κ2) is 5.65. The summed E-state index contributed by atoms with van der Waals surface area (Å²) in [4.78, 5) is 0. The van der Waals surface area contributed by atoms with Crippen molar-refractivity contribution in [1.29, 1.82) is 0 Å². The predicted molar refractivity (Wildman–Crippen MR) is 76.8 cm³/mol. The van der Waals surface area contributed by atoms with Crippen molar-refractivity contribution >= 4 is 28.7 Å². The highest BCUT2D eigenvalue weighted by atomic mass is 35.5. The van der Waals surface area contributed by atoms with E-state index >= 15 is 0 Å². The molecule has 4 heteroatoms. The minimum Gasteiger partial charge on any atom is -0.494 e. The molecule has 0 bridgehead atoms. The van der Waals surface area contributed by atoms with E-state index in [9.17, 15) is 0 Å². The molecule has 0 aliphatic carbocycles. The Morgan fingerprint density at radius 2 is 2.00 bits per heavy atom. The molecule has 18 heavy (non-hydrogen) atoms. The van der Waals surface area contributed by atoms with Crippen molar-refractivity contribution in [3.8, 4) is 5.75 Å². The normalized spacial score (nSPS) is 10.1. The first-order chi connectivity index (χ1) is 8.70. The van der Waals surface area contributed by atoms with Crippen LogP contribution in [0.4, 0.5) is 17.1 Å². The monoisotopic (exact) mass is 262 g/mol. The molecule has 0 amide bonds. The third kappa shape index (κ3) is 2.87. The molecule has 0 atom stereocenters. The first-order valence-electron chi connectivity index (χ1n) is 5.74. The van der Waals surface area contributed by atoms with Gasteiger partial charge in [0.1, 0.15) is 5.75 Å². The highest BCUT2D eigenvalue weighted by molar-refractivity contribution is 6.34. The molecule has 0 aliphatic rings. The molecule has 3 N–H and O–H groups in total. The predicted octanol–water partition coefficient (Wildman–Crippen LogP) is 4.06. The van der Waals surface area contributed by atoms with Gasteiger partial charge in [-0.25, -0.2) is 0 Å². The summed E-state index contributed by atoms with van der Waals surface area (Å²) in [6.45, 7) is 2.59. The second-order valence-corrected chi connectivity index (χ2v) is 4.20. The van der Waals surface area contributed by atoms with Gasteiger partial charge in [0.15, 0.2) is 0 Å². The fourth-order valence-electron chi connectivity index (χ4n) is 1.65. The molecule has 2 aromatic rings. The summed E-state index contributed by atoms with van der Waals surface area (Å²) >= 11 is 6.11. The molecule has 0 saturated heterocycles. The summed E-state index contributed by atoms with van der Waals surface area (Å²) in [5.41, 5.74) is 8.11. The fraction of sp³-hybridized carbons (Fsp3) is 0.143. The largest absolute Gasteiger partial charge is 0.494 e. The van der Waals surface area contributed by atoms with Gasteiger partial charge in [-0.15, -0.1) is 0 Å². The fourth-order valence-corrected chi connectivity index (χ4v) is 1.88. The van der Waals surface area contributed by atoms with Gasteiger partial charge in [0.05, 0.1) is 23.0 Å². The highest BCUT2D eigenvalue weighted by Gasteiger charge is 2.05. The molecule has 0 radical (unpaired) electrons. The maximum atomic E-state index is 6.11. The van der Waals surface area contributed by atoms with Crippen LogP contribution in [0, 0.1) is 0 Å². The number of ether oxygens (including phenoxy) is 1. The summed E-state index contributed by atoms with van der Waals surface area (Å²) in [7, 11) is 0. The van der Waals surface area contributed by atoms with Crippen LogP contribution in [-0.2, 0) is 0 Å². The SMILES string of the molecule is CCOc1cccc(Nc2c(N)cccc2Cl)c1. The zero-order valence-corrected chi connectivity index (χ0v) is 10.9. The van der Waals surface area contributed by atoms with Crippen molar-refractivity contribution in [2.75, 3.05) is 17.7 Å². The quantitative estimate of drug-likeness (QED) is 0.817. The first kappa shape index (κ1) is 12.6. The summed E-state index contributed by atoms with van der Waals surface area (Å²) in [5.74, 6) is 0.813. The third-order valence-electron chi connectivity index (χ3n) is 2.46. The number of hydrogen-bond donors (Lipinski definition) is 2. The van der Waals surface area contributed by atoms with E-state index in [-0.39, 0.29) is 0 Å². The van der Waals surface area contributed by atoms with Gasteiger partial charge >= 0.3 is 0 Å². The van der Waals surface area contributed by atoms with Crippen molar-refractivity contribution in [3.05, 3.63) is 47.5 Å². The summed E-state index contributed by atoms with van der Waals surface area (Å²) in [6.07, 6.45) is 0. The van der Waals surface area contributed by atoms with Crippen molar-refractivity contribution in [2.45, 2.75) is 6.92 Å². The maximum absolute atomic E-state index is 6.11. The van der Waals surface area contributed by atoms with Gasteiger partial charge in [0, 0.05) is 11.8 Å². The topological polar surface area (TPSA) is 47.3 Å². The Bertz CT molecular complexity index is 523. The minimum atomic E-state index is 0.594. The van der Waals surface area contributed by atoms with Crippen LogP contribution in [0.2, 0.25) is 5.02 Å². The van der Waals surface area contributed by atoms with E-state index in [1.54, 1.807) is 12.1 Å². The van der Waals surface area contributed by atoms with E-state index < -0.39 is 0 Å². The number of nitrogens with two attached hydrogens (primary N) is 1. The molecular formula is C14H15ClN2O. The average molecular weight is 263 g/mol. The van der Waals surface area contributed by atoms with E-state index in [2.05, 4.69) is 5.32 Å². The number of hydrogen-bond acceptors (Lipinski definition) is 3. The molecule has 0 saturated carbocycles. The van der Waals surface area contributed by atoms with Crippen LogP contribution >= 0.6 is 11.6 Å². The lowest BCUT2D eigenvalue weighted by atomic mass is 10.2. The Morgan fingerprint density at radius 3 is 2.72 bits per heavy atom. The second-order valence-electron chi connectivity index (χ2n) is 3.79. The summed E-state index contributed by atoms with van der Waals surface area (Å²) in [6, 6.07) is 13.1. The number of benzene rings is 2. The van der Waals surface area contributed by atoms with Crippen LogP contribution in [0.3, 0.4) is 0 Å². The number of nitrogen functional groups attached to an aromatic ring is 1. The molecule has 0 heterocycles. The number of halogens is 1. The zero-order valence-electron chi connectivity index (χ0n) is 10.1. The Morgan fingerprint density at radius 1 is 1.22 bits per heavy atom. The lowest BCUT2D eigenvalue weighted by Crippen LogP contribution is -1.98. The Labute approximate surface area is 112 Å². The highest BCUT2D eigenvalue weighted by Crippen LogP contribution is 2.31. The molecule has 0 spiro atoms. The molecule has 0 fully saturated rings. The minimum absolute atomic E-state index is 0.594. The summed E-state index contributed by atoms with van der Waals surface area (Å²) < 4.78 is 5.44. The van der Waals surface area contributed by atoms with Crippen molar-refractivity contribution < 1.29 is 4.74 Å². The van der Waals surface area contributed by atoms with E-state index in [1.165, 1.54) is 0 Å². The number of nitrogens with one attached hydrogen (secondary N) is 1. The molecule has 3 nitrogen and oxygen atoms in total. The number of anilines is 3. The van der Waals surface area contributed by atoms with Crippen LogP contribution in [0.5, 0.6) is 5.75 Å². The number of para-hydroxylation sites is 1. The lowest BCUT2D eigenvalue weighted by Gasteiger charge is -2.12. The van der Waals surface area contributed by atoms with E-state index in [1.807, 2.05) is 37.3 Å². The van der Waals surface area contributed by atoms with Crippen molar-refractivity contribution in [3.63, 3.8) is 0 Å². The molecule has 0 aromatic heterocycles. The molecular weight excluding hydrogens is 248 g/mol. The van der Waals surface area contributed by atoms with Crippen LogP contribution in [0.25, 0.3) is 0 Å². The molecule has 94 valence electrons. The summed E-state index contributed by atoms with van der Waals surface area (Å²) in [5, 5.41) is 3.80. The lowest BCUT2D eigenvalue weighted by molar-refractivity contribution is 0.340.